The minimum atomic E-state index is -0.301. The van der Waals surface area contributed by atoms with Gasteiger partial charge in [-0.1, -0.05) is 0 Å². The van der Waals surface area contributed by atoms with Crippen LogP contribution < -0.4 is 25.5 Å². The third kappa shape index (κ3) is 2.16. The van der Waals surface area contributed by atoms with Crippen molar-refractivity contribution in [2.75, 3.05) is 26.6 Å². The predicted molar refractivity (Wildman–Crippen MR) is 76.2 cm³/mol. The summed E-state index contributed by atoms with van der Waals surface area (Å²) in [5.74, 6) is 1.37. The van der Waals surface area contributed by atoms with Gasteiger partial charge in [0.1, 0.15) is 18.1 Å². The van der Waals surface area contributed by atoms with Gasteiger partial charge in [-0.25, -0.2) is 0 Å². The number of nitrogens with one attached hydrogen (secondary N) is 1. The molecule has 3 N–H and O–H groups in total. The highest BCUT2D eigenvalue weighted by Crippen LogP contribution is 2.39. The number of nitrogens with zero attached hydrogens (tertiary/aromatic N) is 1. The van der Waals surface area contributed by atoms with Gasteiger partial charge < -0.3 is 19.9 Å². The van der Waals surface area contributed by atoms with Crippen LogP contribution in [0.25, 0.3) is 0 Å². The van der Waals surface area contributed by atoms with Crippen molar-refractivity contribution >= 4 is 5.95 Å². The normalized spacial score (nSPS) is 16.2. The average Bonchev–Trinajstić information content (AvgIpc) is 2.90. The highest BCUT2D eigenvalue weighted by Gasteiger charge is 2.33. The molecule has 2 aromatic rings. The van der Waals surface area contributed by atoms with Gasteiger partial charge in [0.25, 0.3) is 5.56 Å². The van der Waals surface area contributed by atoms with Gasteiger partial charge in [-0.2, -0.15) is 4.98 Å². The van der Waals surface area contributed by atoms with E-state index in [0.29, 0.717) is 23.7 Å². The lowest BCUT2D eigenvalue weighted by Gasteiger charge is -2.14. The van der Waals surface area contributed by atoms with E-state index in [9.17, 15) is 4.79 Å². The topological polar surface area (TPSA) is 99.5 Å². The lowest BCUT2D eigenvalue weighted by molar-refractivity contribution is 0.328. The van der Waals surface area contributed by atoms with E-state index in [1.807, 2.05) is 6.07 Å². The van der Waals surface area contributed by atoms with Gasteiger partial charge in [0.15, 0.2) is 0 Å². The molecule has 1 aliphatic heterocycles. The van der Waals surface area contributed by atoms with E-state index in [0.717, 1.165) is 5.56 Å². The Bertz CT molecular complexity index is 741. The molecular weight excluding hydrogens is 274 g/mol. The molecule has 0 fully saturated rings. The Kier molecular flexibility index (Phi) is 3.17. The molecule has 3 rings (SSSR count). The summed E-state index contributed by atoms with van der Waals surface area (Å²) in [5.41, 5.74) is 6.49. The van der Waals surface area contributed by atoms with Crippen LogP contribution in [0.4, 0.5) is 5.95 Å². The molecule has 1 unspecified atom stereocenters. The smallest absolute Gasteiger partial charge is 0.260 e. The second kappa shape index (κ2) is 5.01. The summed E-state index contributed by atoms with van der Waals surface area (Å²) in [7, 11) is 3.16. The van der Waals surface area contributed by atoms with E-state index in [-0.39, 0.29) is 23.3 Å². The fourth-order valence-corrected chi connectivity index (χ4v) is 2.50. The Morgan fingerprint density at radius 2 is 2.19 bits per heavy atom. The summed E-state index contributed by atoms with van der Waals surface area (Å²) in [5, 5.41) is 0. The number of hydrogen-bond acceptors (Lipinski definition) is 6. The van der Waals surface area contributed by atoms with Gasteiger partial charge in [-0.3, -0.25) is 9.78 Å². The van der Waals surface area contributed by atoms with Crippen molar-refractivity contribution in [2.45, 2.75) is 5.92 Å². The molecule has 7 nitrogen and oxygen atoms in total. The van der Waals surface area contributed by atoms with Crippen LogP contribution in [0.2, 0.25) is 0 Å². The van der Waals surface area contributed by atoms with E-state index in [1.54, 1.807) is 26.4 Å². The SMILES string of the molecule is COc1ccc(OC)c(C2COc3nc(N)[nH]c(=O)c32)c1. The molecule has 1 aliphatic rings. The molecule has 0 saturated carbocycles. The molecule has 110 valence electrons. The number of rotatable bonds is 3. The number of nitrogens with two attached hydrogens (primary N) is 1. The summed E-state index contributed by atoms with van der Waals surface area (Å²) >= 11 is 0. The van der Waals surface area contributed by atoms with Crippen LogP contribution in [-0.2, 0) is 0 Å². The minimum Gasteiger partial charge on any atom is -0.497 e. The van der Waals surface area contributed by atoms with E-state index in [4.69, 9.17) is 19.9 Å². The number of methoxy groups -OCH3 is 2. The molecule has 0 amide bonds. The highest BCUT2D eigenvalue weighted by molar-refractivity contribution is 5.50. The van der Waals surface area contributed by atoms with Crippen LogP contribution in [0, 0.1) is 0 Å². The maximum atomic E-state index is 12.1. The minimum absolute atomic E-state index is 0.0389. The monoisotopic (exact) mass is 289 g/mol. The van der Waals surface area contributed by atoms with Gasteiger partial charge in [-0.15, -0.1) is 0 Å². The molecule has 0 aliphatic carbocycles. The number of nitrogen functional groups attached to an aromatic ring is 1. The Morgan fingerprint density at radius 1 is 1.38 bits per heavy atom. The standard InChI is InChI=1S/C14H15N3O4/c1-19-7-3-4-10(20-2)8(5-7)9-6-21-13-11(9)12(18)16-14(15)17-13/h3-5,9H,6H2,1-2H3,(H3,15,16,17,18). The summed E-state index contributed by atoms with van der Waals surface area (Å²) < 4.78 is 16.1. The number of aromatic amines is 1. The van der Waals surface area contributed by atoms with Crippen molar-refractivity contribution in [3.63, 3.8) is 0 Å². The second-order valence-electron chi connectivity index (χ2n) is 4.64. The highest BCUT2D eigenvalue weighted by atomic mass is 16.5. The fraction of sp³-hybridized carbons (Fsp3) is 0.286. The molecule has 0 bridgehead atoms. The number of aromatic nitrogens is 2. The molecule has 1 aromatic heterocycles. The third-order valence-electron chi connectivity index (χ3n) is 3.49. The summed E-state index contributed by atoms with van der Waals surface area (Å²) in [6.07, 6.45) is 0. The molecule has 1 atom stereocenters. The maximum Gasteiger partial charge on any atom is 0.260 e. The second-order valence-corrected chi connectivity index (χ2v) is 4.64. The molecule has 0 saturated heterocycles. The van der Waals surface area contributed by atoms with Crippen molar-refractivity contribution < 1.29 is 14.2 Å². The van der Waals surface area contributed by atoms with Crippen LogP contribution >= 0.6 is 0 Å². The molecule has 7 heteroatoms. The Hall–Kier alpha value is -2.70. The number of fused-ring (bicyclic) bond motifs is 1. The third-order valence-corrected chi connectivity index (χ3v) is 3.49. The lowest BCUT2D eigenvalue weighted by Crippen LogP contribution is -2.18. The van der Waals surface area contributed by atoms with Crippen LogP contribution in [0.15, 0.2) is 23.0 Å². The van der Waals surface area contributed by atoms with Crippen molar-refractivity contribution in [3.8, 4) is 17.4 Å². The zero-order valence-electron chi connectivity index (χ0n) is 11.7. The van der Waals surface area contributed by atoms with Gasteiger partial charge in [0.2, 0.25) is 11.8 Å². The zero-order valence-corrected chi connectivity index (χ0v) is 11.7. The average molecular weight is 289 g/mol. The fourth-order valence-electron chi connectivity index (χ4n) is 2.50. The van der Waals surface area contributed by atoms with Crippen LogP contribution in [0.5, 0.6) is 17.4 Å². The van der Waals surface area contributed by atoms with Crippen molar-refractivity contribution in [3.05, 3.63) is 39.7 Å². The van der Waals surface area contributed by atoms with Crippen LogP contribution in [0.3, 0.4) is 0 Å². The summed E-state index contributed by atoms with van der Waals surface area (Å²) in [6.45, 7) is 0.304. The number of benzene rings is 1. The summed E-state index contributed by atoms with van der Waals surface area (Å²) in [6, 6.07) is 5.42. The summed E-state index contributed by atoms with van der Waals surface area (Å²) in [4.78, 5) is 18.7. The first-order chi connectivity index (χ1) is 10.1. The van der Waals surface area contributed by atoms with Gasteiger partial charge in [-0.05, 0) is 18.2 Å². The number of anilines is 1. The van der Waals surface area contributed by atoms with Gasteiger partial charge in [0.05, 0.1) is 25.7 Å². The Morgan fingerprint density at radius 3 is 2.90 bits per heavy atom. The van der Waals surface area contributed by atoms with Gasteiger partial charge in [0, 0.05) is 5.56 Å². The number of hydrogen-bond donors (Lipinski definition) is 2. The molecule has 1 aromatic carbocycles. The molecule has 2 heterocycles. The van der Waals surface area contributed by atoms with Gasteiger partial charge >= 0.3 is 0 Å². The first kappa shape index (κ1) is 13.3. The maximum absolute atomic E-state index is 12.1. The van der Waals surface area contributed by atoms with Crippen LogP contribution in [0.1, 0.15) is 17.0 Å². The first-order valence-corrected chi connectivity index (χ1v) is 6.38. The van der Waals surface area contributed by atoms with E-state index < -0.39 is 0 Å². The van der Waals surface area contributed by atoms with E-state index >= 15 is 0 Å². The zero-order chi connectivity index (χ0) is 15.0. The van der Waals surface area contributed by atoms with Crippen molar-refractivity contribution in [1.29, 1.82) is 0 Å². The predicted octanol–water partition coefficient (Wildman–Crippen LogP) is 0.894. The molecule has 0 spiro atoms. The van der Waals surface area contributed by atoms with Crippen molar-refractivity contribution in [2.24, 2.45) is 0 Å². The molecular formula is C14H15N3O4. The Labute approximate surface area is 120 Å². The van der Waals surface area contributed by atoms with Crippen molar-refractivity contribution in [1.82, 2.24) is 9.97 Å². The largest absolute Gasteiger partial charge is 0.497 e. The first-order valence-electron chi connectivity index (χ1n) is 6.38. The quantitative estimate of drug-likeness (QED) is 0.870. The molecule has 0 radical (unpaired) electrons. The lowest BCUT2D eigenvalue weighted by atomic mass is 9.94. The molecule has 21 heavy (non-hydrogen) atoms. The van der Waals surface area contributed by atoms with Crippen LogP contribution in [-0.4, -0.2) is 30.8 Å². The van der Waals surface area contributed by atoms with E-state index in [2.05, 4.69) is 9.97 Å². The number of ether oxygens (including phenoxy) is 3. The number of H-pyrrole nitrogens is 1. The Balaban J connectivity index is 2.15. The van der Waals surface area contributed by atoms with E-state index in [1.165, 1.54) is 0 Å².